The Labute approximate surface area is 206 Å². The zero-order valence-electron chi connectivity index (χ0n) is 19.4. The lowest BCUT2D eigenvalue weighted by Gasteiger charge is -2.31. The summed E-state index contributed by atoms with van der Waals surface area (Å²) in [5.74, 6) is -4.42. The summed E-state index contributed by atoms with van der Waals surface area (Å²) in [6.07, 6.45) is 1.12. The topological polar surface area (TPSA) is 174 Å². The van der Waals surface area contributed by atoms with Gasteiger partial charge in [0, 0.05) is 29.4 Å². The fraction of sp³-hybridized carbons (Fsp3) is 0.304. The molecule has 0 fully saturated rings. The number of carboxylic acid groups (broad SMARTS) is 2. The van der Waals surface area contributed by atoms with Crippen LogP contribution in [0.3, 0.4) is 0 Å². The number of allylic oxidation sites excluding steroid dienone is 1. The van der Waals surface area contributed by atoms with Crippen molar-refractivity contribution in [1.82, 2.24) is 5.32 Å². The number of ether oxygens (including phenoxy) is 3. The standard InChI is InChI=1S/C19H23ClN2O5.C4H4O4/c1-11-15(18(23)25-2)16(12-6-4-5-7-13(12)20)17(19(24)26-3)14(22-11)10-27-9-8-21;5-3(6)1-2-4(7)8/h4-7,16,22H,8-10,21H2,1-3H3;1-2H,(H,5,6)(H,7,8). The molecule has 1 aliphatic rings. The molecule has 1 aromatic rings. The highest BCUT2D eigenvalue weighted by Gasteiger charge is 2.39. The Hall–Kier alpha value is -3.67. The van der Waals surface area contributed by atoms with Gasteiger partial charge in [0.2, 0.25) is 0 Å². The first-order valence-electron chi connectivity index (χ1n) is 10.1. The number of nitrogens with two attached hydrogens (primary N) is 1. The van der Waals surface area contributed by atoms with Crippen molar-refractivity contribution < 1.29 is 43.6 Å². The van der Waals surface area contributed by atoms with Crippen LogP contribution in [0.1, 0.15) is 18.4 Å². The van der Waals surface area contributed by atoms with E-state index in [1.807, 2.05) is 0 Å². The van der Waals surface area contributed by atoms with E-state index in [1.165, 1.54) is 14.2 Å². The Bertz CT molecular complexity index is 1030. The predicted molar refractivity (Wildman–Crippen MR) is 125 cm³/mol. The molecule has 0 amide bonds. The maximum absolute atomic E-state index is 12.7. The fourth-order valence-corrected chi connectivity index (χ4v) is 3.41. The first-order valence-corrected chi connectivity index (χ1v) is 10.5. The number of carbonyl (C=O) groups excluding carboxylic acids is 2. The molecule has 35 heavy (non-hydrogen) atoms. The van der Waals surface area contributed by atoms with Gasteiger partial charge in [-0.15, -0.1) is 0 Å². The second kappa shape index (κ2) is 14.6. The molecule has 0 saturated heterocycles. The maximum atomic E-state index is 12.7. The molecular weight excluding hydrogens is 484 g/mol. The number of hydrogen-bond donors (Lipinski definition) is 4. The van der Waals surface area contributed by atoms with E-state index in [-0.39, 0.29) is 17.8 Å². The Morgan fingerprint density at radius 3 is 2.06 bits per heavy atom. The summed E-state index contributed by atoms with van der Waals surface area (Å²) in [5.41, 5.74) is 7.63. The first-order chi connectivity index (χ1) is 16.6. The van der Waals surface area contributed by atoms with Crippen molar-refractivity contribution in [3.05, 3.63) is 69.5 Å². The Morgan fingerprint density at radius 1 is 1.03 bits per heavy atom. The number of aliphatic carboxylic acids is 2. The summed E-state index contributed by atoms with van der Waals surface area (Å²) in [6.45, 7) is 2.50. The molecule has 0 aromatic heterocycles. The number of dihydropyridines is 1. The lowest BCUT2D eigenvalue weighted by Crippen LogP contribution is -2.34. The van der Waals surface area contributed by atoms with E-state index < -0.39 is 29.8 Å². The van der Waals surface area contributed by atoms with Crippen molar-refractivity contribution in [2.24, 2.45) is 5.73 Å². The summed E-state index contributed by atoms with van der Waals surface area (Å²) in [6, 6.07) is 7.01. The van der Waals surface area contributed by atoms with Gasteiger partial charge in [-0.25, -0.2) is 19.2 Å². The molecular formula is C23H27ClN2O9. The van der Waals surface area contributed by atoms with Crippen LogP contribution < -0.4 is 11.1 Å². The van der Waals surface area contributed by atoms with Gasteiger partial charge in [0.15, 0.2) is 0 Å². The number of halogens is 1. The molecule has 1 heterocycles. The molecule has 0 spiro atoms. The van der Waals surface area contributed by atoms with Gasteiger partial charge in [-0.2, -0.15) is 0 Å². The smallest absolute Gasteiger partial charge is 0.336 e. The molecule has 0 bridgehead atoms. The highest BCUT2D eigenvalue weighted by atomic mass is 35.5. The van der Waals surface area contributed by atoms with Crippen LogP contribution in [0.5, 0.6) is 0 Å². The van der Waals surface area contributed by atoms with E-state index in [1.54, 1.807) is 31.2 Å². The predicted octanol–water partition coefficient (Wildman–Crippen LogP) is 1.59. The molecule has 2 rings (SSSR count). The molecule has 1 atom stereocenters. The minimum atomic E-state index is -1.26. The fourth-order valence-electron chi connectivity index (χ4n) is 3.16. The Morgan fingerprint density at radius 2 is 1.57 bits per heavy atom. The second-order valence-electron chi connectivity index (χ2n) is 6.84. The number of benzene rings is 1. The average molecular weight is 511 g/mol. The SMILES string of the molecule is COC(=O)C1=C(C)NC(COCCN)=C(C(=O)OC)C1c1ccccc1Cl.O=C(O)C=CC(=O)O. The van der Waals surface area contributed by atoms with Crippen LogP contribution in [0.15, 0.2) is 59.0 Å². The minimum absolute atomic E-state index is 0.106. The maximum Gasteiger partial charge on any atom is 0.336 e. The van der Waals surface area contributed by atoms with E-state index in [9.17, 15) is 19.2 Å². The largest absolute Gasteiger partial charge is 0.478 e. The third-order valence-electron chi connectivity index (χ3n) is 4.55. The quantitative estimate of drug-likeness (QED) is 0.215. The van der Waals surface area contributed by atoms with Gasteiger partial charge in [0.05, 0.1) is 50.2 Å². The van der Waals surface area contributed by atoms with Crippen molar-refractivity contribution in [1.29, 1.82) is 0 Å². The number of methoxy groups -OCH3 is 2. The van der Waals surface area contributed by atoms with E-state index in [0.29, 0.717) is 47.3 Å². The van der Waals surface area contributed by atoms with E-state index in [2.05, 4.69) is 5.32 Å². The second-order valence-corrected chi connectivity index (χ2v) is 7.25. The van der Waals surface area contributed by atoms with Crippen molar-refractivity contribution in [3.8, 4) is 0 Å². The van der Waals surface area contributed by atoms with Crippen LogP contribution in [0, 0.1) is 0 Å². The van der Waals surface area contributed by atoms with Crippen LogP contribution in [0.25, 0.3) is 0 Å². The van der Waals surface area contributed by atoms with Crippen LogP contribution >= 0.6 is 11.6 Å². The van der Waals surface area contributed by atoms with Crippen molar-refractivity contribution in [3.63, 3.8) is 0 Å². The average Bonchev–Trinajstić information content (AvgIpc) is 2.82. The molecule has 0 radical (unpaired) electrons. The molecule has 5 N–H and O–H groups in total. The third kappa shape index (κ3) is 8.56. The normalized spacial score (nSPS) is 15.2. The van der Waals surface area contributed by atoms with Crippen molar-refractivity contribution >= 4 is 35.5 Å². The molecule has 1 unspecified atom stereocenters. The van der Waals surface area contributed by atoms with E-state index in [0.717, 1.165) is 0 Å². The number of carboxylic acids is 2. The highest BCUT2D eigenvalue weighted by molar-refractivity contribution is 6.31. The zero-order valence-corrected chi connectivity index (χ0v) is 20.1. The molecule has 0 saturated carbocycles. The molecule has 1 aliphatic heterocycles. The molecule has 1 aromatic carbocycles. The molecule has 11 nitrogen and oxygen atoms in total. The zero-order chi connectivity index (χ0) is 26.5. The van der Waals surface area contributed by atoms with Gasteiger partial charge in [-0.3, -0.25) is 0 Å². The highest BCUT2D eigenvalue weighted by Crippen LogP contribution is 2.41. The number of nitrogens with one attached hydrogen (secondary N) is 1. The van der Waals surface area contributed by atoms with Gasteiger partial charge in [0.1, 0.15) is 0 Å². The number of esters is 2. The van der Waals surface area contributed by atoms with Crippen molar-refractivity contribution in [2.75, 3.05) is 34.0 Å². The summed E-state index contributed by atoms with van der Waals surface area (Å²) in [4.78, 5) is 44.3. The Kier molecular flexibility index (Phi) is 12.2. The third-order valence-corrected chi connectivity index (χ3v) is 4.89. The van der Waals surface area contributed by atoms with Gasteiger partial charge < -0.3 is 35.5 Å². The monoisotopic (exact) mass is 510 g/mol. The van der Waals surface area contributed by atoms with Crippen LogP contribution in [-0.4, -0.2) is 68.1 Å². The van der Waals surface area contributed by atoms with Gasteiger partial charge in [-0.1, -0.05) is 29.8 Å². The van der Waals surface area contributed by atoms with Crippen LogP contribution in [0.2, 0.25) is 5.02 Å². The number of rotatable bonds is 9. The van der Waals surface area contributed by atoms with Gasteiger partial charge >= 0.3 is 23.9 Å². The van der Waals surface area contributed by atoms with Crippen LogP contribution in [0.4, 0.5) is 0 Å². The number of hydrogen-bond acceptors (Lipinski definition) is 9. The lowest BCUT2D eigenvalue weighted by molar-refractivity contribution is -0.137. The summed E-state index contributed by atoms with van der Waals surface area (Å²) >= 11 is 6.39. The van der Waals surface area contributed by atoms with Gasteiger partial charge in [0.25, 0.3) is 0 Å². The molecule has 0 aliphatic carbocycles. The molecule has 190 valence electrons. The van der Waals surface area contributed by atoms with Crippen molar-refractivity contribution in [2.45, 2.75) is 12.8 Å². The van der Waals surface area contributed by atoms with E-state index >= 15 is 0 Å². The molecule has 12 heteroatoms. The summed E-state index contributed by atoms with van der Waals surface area (Å²) in [5, 5.41) is 19.1. The first kappa shape index (κ1) is 29.4. The summed E-state index contributed by atoms with van der Waals surface area (Å²) < 4.78 is 15.4. The lowest BCUT2D eigenvalue weighted by atomic mass is 9.80. The minimum Gasteiger partial charge on any atom is -0.478 e. The van der Waals surface area contributed by atoms with Gasteiger partial charge in [-0.05, 0) is 18.6 Å². The Balaban J connectivity index is 0.000000658. The number of carbonyl (C=O) groups is 4. The summed E-state index contributed by atoms with van der Waals surface area (Å²) in [7, 11) is 2.56. The van der Waals surface area contributed by atoms with E-state index in [4.69, 9.17) is 41.8 Å². The van der Waals surface area contributed by atoms with Crippen LogP contribution in [-0.2, 0) is 33.4 Å².